The van der Waals surface area contributed by atoms with Gasteiger partial charge in [0.25, 0.3) is 5.91 Å². The number of aryl methyl sites for hydroxylation is 1. The monoisotopic (exact) mass is 484 g/mol. The largest absolute Gasteiger partial charge is 0.455 e. The minimum atomic E-state index is -3.74. The van der Waals surface area contributed by atoms with Gasteiger partial charge in [0.1, 0.15) is 23.0 Å². The van der Waals surface area contributed by atoms with Gasteiger partial charge in [-0.15, -0.1) is 0 Å². The van der Waals surface area contributed by atoms with Gasteiger partial charge in [-0.3, -0.25) is 9.10 Å². The number of carbonyl (C=O) groups excluding carboxylic acids is 1. The van der Waals surface area contributed by atoms with Gasteiger partial charge < -0.3 is 9.73 Å². The first-order valence-electron chi connectivity index (χ1n) is 10.3. The van der Waals surface area contributed by atoms with Crippen LogP contribution in [0.15, 0.2) is 59.0 Å². The molecule has 1 aromatic heterocycles. The van der Waals surface area contributed by atoms with Crippen LogP contribution in [-0.2, 0) is 10.0 Å². The number of sulfonamides is 1. The molecule has 1 amide bonds. The van der Waals surface area contributed by atoms with E-state index in [-0.39, 0.29) is 28.0 Å². The van der Waals surface area contributed by atoms with Crippen LogP contribution in [0.2, 0.25) is 0 Å². The first-order chi connectivity index (χ1) is 16.0. The minimum Gasteiger partial charge on any atom is -0.455 e. The molecule has 0 aliphatic heterocycles. The van der Waals surface area contributed by atoms with Crippen molar-refractivity contribution in [2.24, 2.45) is 0 Å². The zero-order chi connectivity index (χ0) is 24.8. The van der Waals surface area contributed by atoms with Crippen LogP contribution in [-0.4, -0.2) is 34.7 Å². The van der Waals surface area contributed by atoms with Gasteiger partial charge in [0.15, 0.2) is 0 Å². The highest BCUT2D eigenvalue weighted by atomic mass is 32.2. The summed E-state index contributed by atoms with van der Waals surface area (Å²) in [5.41, 5.74) is 2.40. The van der Waals surface area contributed by atoms with E-state index in [0.717, 1.165) is 28.3 Å². The zero-order valence-electron chi connectivity index (χ0n) is 18.9. The Labute approximate surface area is 195 Å². The molecule has 9 heteroatoms. The highest BCUT2D eigenvalue weighted by molar-refractivity contribution is 7.92. The highest BCUT2D eigenvalue weighted by Gasteiger charge is 2.26. The van der Waals surface area contributed by atoms with Crippen LogP contribution in [0.4, 0.5) is 14.5 Å². The normalized spacial score (nSPS) is 11.6. The quantitative estimate of drug-likeness (QED) is 0.427. The summed E-state index contributed by atoms with van der Waals surface area (Å²) < 4.78 is 60.1. The lowest BCUT2D eigenvalue weighted by atomic mass is 9.98. The Bertz CT molecular complexity index is 1530. The molecule has 0 bridgehead atoms. The molecule has 0 aliphatic rings. The molecule has 0 fully saturated rings. The molecule has 4 rings (SSSR count). The third kappa shape index (κ3) is 4.14. The van der Waals surface area contributed by atoms with E-state index in [1.165, 1.54) is 32.3 Å². The molecule has 34 heavy (non-hydrogen) atoms. The van der Waals surface area contributed by atoms with Gasteiger partial charge in [-0.05, 0) is 25.1 Å². The summed E-state index contributed by atoms with van der Waals surface area (Å²) in [6.07, 6.45) is 1.01. The smallest absolute Gasteiger partial charge is 0.255 e. The van der Waals surface area contributed by atoms with E-state index in [2.05, 4.69) is 5.32 Å². The van der Waals surface area contributed by atoms with E-state index in [4.69, 9.17) is 4.42 Å². The second kappa shape index (κ2) is 8.57. The summed E-state index contributed by atoms with van der Waals surface area (Å²) in [7, 11) is -0.938. The number of halogens is 2. The summed E-state index contributed by atoms with van der Waals surface area (Å²) in [5, 5.41) is 2.95. The Kier molecular flexibility index (Phi) is 5.91. The van der Waals surface area contributed by atoms with E-state index < -0.39 is 27.6 Å². The van der Waals surface area contributed by atoms with E-state index in [0.29, 0.717) is 16.7 Å². The lowest BCUT2D eigenvalue weighted by Gasteiger charge is -2.21. The molecule has 0 atom stereocenters. The standard InChI is InChI=1S/C25H22F2N2O4S/c1-14-5-7-15(8-6-14)24-23(25(30)28-2)19-12-18(17-10-9-16(26)11-20(17)27)21(13-22(19)33-24)29(3)34(4,31)32/h5-13H,1-4H3,(H,28,30). The molecule has 0 radical (unpaired) electrons. The molecule has 4 aromatic rings. The third-order valence-electron chi connectivity index (χ3n) is 5.63. The lowest BCUT2D eigenvalue weighted by Crippen LogP contribution is -2.25. The van der Waals surface area contributed by atoms with Gasteiger partial charge >= 0.3 is 0 Å². The van der Waals surface area contributed by atoms with Crippen LogP contribution in [0.25, 0.3) is 33.4 Å². The molecule has 0 saturated heterocycles. The number of nitrogens with one attached hydrogen (secondary N) is 1. The molecule has 176 valence electrons. The molecule has 0 spiro atoms. The van der Waals surface area contributed by atoms with Crippen molar-refractivity contribution in [2.45, 2.75) is 6.92 Å². The zero-order valence-corrected chi connectivity index (χ0v) is 19.8. The first-order valence-corrected chi connectivity index (χ1v) is 12.1. The predicted molar refractivity (Wildman–Crippen MR) is 128 cm³/mol. The number of fused-ring (bicyclic) bond motifs is 1. The maximum absolute atomic E-state index is 14.8. The third-order valence-corrected chi connectivity index (χ3v) is 6.82. The van der Waals surface area contributed by atoms with Crippen LogP contribution in [0.5, 0.6) is 0 Å². The Hall–Kier alpha value is -3.72. The van der Waals surface area contributed by atoms with Gasteiger partial charge in [-0.1, -0.05) is 29.8 Å². The Balaban J connectivity index is 2.10. The summed E-state index contributed by atoms with van der Waals surface area (Å²) in [5.74, 6) is -1.77. The van der Waals surface area contributed by atoms with Gasteiger partial charge in [0.2, 0.25) is 10.0 Å². The van der Waals surface area contributed by atoms with Crippen molar-refractivity contribution in [3.8, 4) is 22.5 Å². The average molecular weight is 485 g/mol. The van der Waals surface area contributed by atoms with Crippen molar-refractivity contribution in [1.82, 2.24) is 5.32 Å². The van der Waals surface area contributed by atoms with Crippen LogP contribution in [0, 0.1) is 18.6 Å². The number of hydrogen-bond acceptors (Lipinski definition) is 4. The molecule has 0 aliphatic carbocycles. The minimum absolute atomic E-state index is 0.0188. The van der Waals surface area contributed by atoms with Crippen molar-refractivity contribution in [1.29, 1.82) is 0 Å². The summed E-state index contributed by atoms with van der Waals surface area (Å²) in [6, 6.07) is 13.3. The Morgan fingerprint density at radius 3 is 2.26 bits per heavy atom. The fourth-order valence-corrected chi connectivity index (χ4v) is 4.26. The van der Waals surface area contributed by atoms with Gasteiger partial charge in [0, 0.05) is 48.3 Å². The molecule has 1 N–H and O–H groups in total. The second-order valence-electron chi connectivity index (χ2n) is 7.97. The number of carbonyl (C=O) groups is 1. The number of furan rings is 1. The number of amides is 1. The summed E-state index contributed by atoms with van der Waals surface area (Å²) >= 11 is 0. The van der Waals surface area contributed by atoms with E-state index >= 15 is 0 Å². The van der Waals surface area contributed by atoms with Gasteiger partial charge in [0.05, 0.1) is 17.5 Å². The molecule has 3 aromatic carbocycles. The number of hydrogen-bond donors (Lipinski definition) is 1. The van der Waals surface area contributed by atoms with Gasteiger partial charge in [-0.2, -0.15) is 0 Å². The van der Waals surface area contributed by atoms with Crippen molar-refractivity contribution in [3.05, 3.63) is 77.4 Å². The van der Waals surface area contributed by atoms with Crippen molar-refractivity contribution < 1.29 is 26.4 Å². The molecule has 6 nitrogen and oxygen atoms in total. The molecule has 0 saturated carbocycles. The fraction of sp³-hybridized carbons (Fsp3) is 0.160. The van der Waals surface area contributed by atoms with Crippen molar-refractivity contribution in [2.75, 3.05) is 24.7 Å². The molecule has 1 heterocycles. The fourth-order valence-electron chi connectivity index (χ4n) is 3.75. The van der Waals surface area contributed by atoms with Crippen LogP contribution in [0.1, 0.15) is 15.9 Å². The van der Waals surface area contributed by atoms with Crippen molar-refractivity contribution >= 4 is 32.6 Å². The maximum Gasteiger partial charge on any atom is 0.255 e. The summed E-state index contributed by atoms with van der Waals surface area (Å²) in [4.78, 5) is 12.9. The number of anilines is 1. The summed E-state index contributed by atoms with van der Waals surface area (Å²) in [6.45, 7) is 1.93. The van der Waals surface area contributed by atoms with Gasteiger partial charge in [-0.25, -0.2) is 17.2 Å². The molecular weight excluding hydrogens is 462 g/mol. The van der Waals surface area contributed by atoms with E-state index in [9.17, 15) is 22.0 Å². The first kappa shape index (κ1) is 23.4. The second-order valence-corrected chi connectivity index (χ2v) is 9.99. The average Bonchev–Trinajstić information content (AvgIpc) is 3.15. The van der Waals surface area contributed by atoms with Crippen LogP contribution >= 0.6 is 0 Å². The van der Waals surface area contributed by atoms with E-state index in [1.54, 1.807) is 0 Å². The van der Waals surface area contributed by atoms with E-state index in [1.807, 2.05) is 31.2 Å². The number of rotatable bonds is 5. The molecule has 0 unspecified atom stereocenters. The SMILES string of the molecule is CNC(=O)c1c(-c2ccc(C)cc2)oc2cc(N(C)S(C)(=O)=O)c(-c3ccc(F)cc3F)cc12. The Morgan fingerprint density at radius 2 is 1.68 bits per heavy atom. The van der Waals surface area contributed by atoms with Crippen LogP contribution in [0.3, 0.4) is 0 Å². The highest BCUT2D eigenvalue weighted by Crippen LogP contribution is 2.42. The molecular formula is C25H22F2N2O4S. The van der Waals surface area contributed by atoms with Crippen LogP contribution < -0.4 is 9.62 Å². The van der Waals surface area contributed by atoms with Crippen molar-refractivity contribution in [3.63, 3.8) is 0 Å². The number of nitrogens with zero attached hydrogens (tertiary/aromatic N) is 1. The topological polar surface area (TPSA) is 79.6 Å². The Morgan fingerprint density at radius 1 is 1.00 bits per heavy atom. The predicted octanol–water partition coefficient (Wildman–Crippen LogP) is 5.11. The number of benzene rings is 3. The lowest BCUT2D eigenvalue weighted by molar-refractivity contribution is 0.0964. The maximum atomic E-state index is 14.8.